The number of nitrogens with one attached hydrogen (secondary N) is 1. The molecule has 4 fully saturated rings. The number of ether oxygens (including phenoxy) is 1. The Bertz CT molecular complexity index is 925. The average Bonchev–Trinajstić information content (AvgIpc) is 2.81. The average molecular weight is 485 g/mol. The Balaban J connectivity index is 1.25. The lowest BCUT2D eigenvalue weighted by Gasteiger charge is -2.60. The van der Waals surface area contributed by atoms with Crippen molar-refractivity contribution in [3.8, 4) is 0 Å². The van der Waals surface area contributed by atoms with Crippen molar-refractivity contribution >= 4 is 17.6 Å². The highest BCUT2D eigenvalue weighted by molar-refractivity contribution is 5.90. The fourth-order valence-electron chi connectivity index (χ4n) is 6.65. The van der Waals surface area contributed by atoms with E-state index in [1.807, 2.05) is 26.8 Å². The summed E-state index contributed by atoms with van der Waals surface area (Å²) < 4.78 is 5.46. The molecule has 3 aliphatic carbocycles. The maximum absolute atomic E-state index is 12.7. The van der Waals surface area contributed by atoms with Crippen molar-refractivity contribution in [1.82, 2.24) is 5.32 Å². The molecule has 1 aliphatic heterocycles. The molecule has 1 heterocycles. The van der Waals surface area contributed by atoms with E-state index in [1.54, 1.807) is 12.1 Å². The van der Waals surface area contributed by atoms with Gasteiger partial charge >= 0.3 is 5.97 Å². The zero-order valence-corrected chi connectivity index (χ0v) is 22.2. The predicted octanol–water partition coefficient (Wildman–Crippen LogP) is 4.93. The number of esters is 1. The molecular weight excluding hydrogens is 440 g/mol. The molecule has 0 unspecified atom stereocenters. The van der Waals surface area contributed by atoms with Crippen LogP contribution in [0.5, 0.6) is 0 Å². The van der Waals surface area contributed by atoms with Crippen molar-refractivity contribution in [2.45, 2.75) is 85.4 Å². The van der Waals surface area contributed by atoms with Crippen LogP contribution in [0, 0.1) is 29.1 Å². The number of hydrogen-bond donors (Lipinski definition) is 2. The van der Waals surface area contributed by atoms with Gasteiger partial charge in [0, 0.05) is 37.3 Å². The van der Waals surface area contributed by atoms with Crippen LogP contribution >= 0.6 is 0 Å². The number of benzene rings is 1. The molecule has 6 heteroatoms. The third-order valence-electron chi connectivity index (χ3n) is 8.88. The van der Waals surface area contributed by atoms with Gasteiger partial charge < -0.3 is 20.1 Å². The van der Waals surface area contributed by atoms with Crippen molar-refractivity contribution in [2.24, 2.45) is 29.1 Å². The first-order valence-electron chi connectivity index (χ1n) is 13.5. The molecule has 3 saturated carbocycles. The fraction of sp³-hybridized carbons (Fsp3) is 0.724. The van der Waals surface area contributed by atoms with Crippen molar-refractivity contribution in [2.75, 3.05) is 24.5 Å². The van der Waals surface area contributed by atoms with E-state index in [2.05, 4.69) is 24.1 Å². The zero-order chi connectivity index (χ0) is 25.4. The lowest BCUT2D eigenvalue weighted by atomic mass is 9.45. The van der Waals surface area contributed by atoms with E-state index in [9.17, 15) is 14.7 Å². The van der Waals surface area contributed by atoms with E-state index in [-0.39, 0.29) is 18.5 Å². The first-order chi connectivity index (χ1) is 16.5. The third-order valence-corrected chi connectivity index (χ3v) is 8.88. The fourth-order valence-corrected chi connectivity index (χ4v) is 6.65. The van der Waals surface area contributed by atoms with Crippen LogP contribution in [0.2, 0.25) is 0 Å². The van der Waals surface area contributed by atoms with E-state index in [1.165, 1.54) is 19.3 Å². The molecule has 4 aliphatic rings. The molecule has 3 atom stereocenters. The first-order valence-corrected chi connectivity index (χ1v) is 13.5. The second-order valence-electron chi connectivity index (χ2n) is 12.6. The number of amides is 1. The van der Waals surface area contributed by atoms with Gasteiger partial charge in [0.05, 0.1) is 12.2 Å². The molecule has 35 heavy (non-hydrogen) atoms. The third kappa shape index (κ3) is 5.84. The summed E-state index contributed by atoms with van der Waals surface area (Å²) in [6.45, 7) is 12.7. The Kier molecular flexibility index (Phi) is 7.51. The standard InChI is InChI=1S/C29H44N2O4/c1-28(2,3)35-27(34)20-7-9-25(22(15-20)18-32)31-12-10-19(11-13-31)14-26(33)30-17-21-6-8-23-16-24(21)29(23,4)5/h7,9,15,19,21,23-24,32H,6,8,10-14,16-18H2,1-5H3,(H,30,33)/t21-,23-,24-/m0/s1. The minimum Gasteiger partial charge on any atom is -0.456 e. The number of piperidine rings is 1. The second kappa shape index (κ2) is 10.1. The van der Waals surface area contributed by atoms with E-state index in [0.29, 0.717) is 29.2 Å². The summed E-state index contributed by atoms with van der Waals surface area (Å²) in [6.07, 6.45) is 6.43. The van der Waals surface area contributed by atoms with Gasteiger partial charge in [0.1, 0.15) is 5.60 Å². The van der Waals surface area contributed by atoms with Crippen LogP contribution in [0.1, 0.15) is 89.1 Å². The summed E-state index contributed by atoms with van der Waals surface area (Å²) in [5.41, 5.74) is 2.05. The van der Waals surface area contributed by atoms with Crippen molar-refractivity contribution in [1.29, 1.82) is 0 Å². The van der Waals surface area contributed by atoms with Gasteiger partial charge in [-0.1, -0.05) is 13.8 Å². The molecule has 2 N–H and O–H groups in total. The van der Waals surface area contributed by atoms with Gasteiger partial charge in [-0.3, -0.25) is 4.79 Å². The Morgan fingerprint density at radius 1 is 1.14 bits per heavy atom. The van der Waals surface area contributed by atoms with E-state index < -0.39 is 5.60 Å². The Morgan fingerprint density at radius 3 is 2.46 bits per heavy atom. The number of carbonyl (C=O) groups is 2. The normalized spacial score (nSPS) is 26.1. The molecular formula is C29H44N2O4. The van der Waals surface area contributed by atoms with Crippen molar-refractivity contribution in [3.63, 3.8) is 0 Å². The smallest absolute Gasteiger partial charge is 0.338 e. The van der Waals surface area contributed by atoms with Crippen LogP contribution in [-0.2, 0) is 16.1 Å². The molecule has 0 spiro atoms. The molecule has 5 rings (SSSR count). The summed E-state index contributed by atoms with van der Waals surface area (Å²) in [5, 5.41) is 13.2. The van der Waals surface area contributed by atoms with Gasteiger partial charge in [-0.15, -0.1) is 0 Å². The van der Waals surface area contributed by atoms with Gasteiger partial charge in [0.15, 0.2) is 0 Å². The van der Waals surface area contributed by atoms with Gasteiger partial charge in [0.2, 0.25) is 5.91 Å². The minimum atomic E-state index is -0.559. The highest BCUT2D eigenvalue weighted by Gasteiger charge is 2.53. The lowest BCUT2D eigenvalue weighted by Crippen LogP contribution is -2.54. The van der Waals surface area contributed by atoms with E-state index >= 15 is 0 Å². The highest BCUT2D eigenvalue weighted by atomic mass is 16.6. The number of hydrogen-bond acceptors (Lipinski definition) is 5. The second-order valence-corrected chi connectivity index (χ2v) is 12.6. The molecule has 1 amide bonds. The van der Waals surface area contributed by atoms with Crippen LogP contribution < -0.4 is 10.2 Å². The van der Waals surface area contributed by atoms with E-state index in [0.717, 1.165) is 55.6 Å². The predicted molar refractivity (Wildman–Crippen MR) is 138 cm³/mol. The number of anilines is 1. The Morgan fingerprint density at radius 2 is 1.86 bits per heavy atom. The summed E-state index contributed by atoms with van der Waals surface area (Å²) in [4.78, 5) is 27.4. The van der Waals surface area contributed by atoms with Crippen molar-refractivity contribution < 1.29 is 19.4 Å². The molecule has 0 radical (unpaired) electrons. The van der Waals surface area contributed by atoms with E-state index in [4.69, 9.17) is 4.74 Å². The number of rotatable bonds is 7. The van der Waals surface area contributed by atoms with Crippen molar-refractivity contribution in [3.05, 3.63) is 29.3 Å². The summed E-state index contributed by atoms with van der Waals surface area (Å²) in [5.74, 6) is 2.51. The van der Waals surface area contributed by atoms with Crippen LogP contribution in [-0.4, -0.2) is 42.2 Å². The maximum atomic E-state index is 12.7. The quantitative estimate of drug-likeness (QED) is 0.537. The SMILES string of the molecule is CC(C)(C)OC(=O)c1ccc(N2CCC(CC(=O)NC[C@@H]3CC[C@H]4C[C@@H]3C4(C)C)CC2)c(CO)c1. The first kappa shape index (κ1) is 26.0. The van der Waals surface area contributed by atoms with Gasteiger partial charge in [0.25, 0.3) is 0 Å². The summed E-state index contributed by atoms with van der Waals surface area (Å²) >= 11 is 0. The number of nitrogens with zero attached hydrogens (tertiary/aromatic N) is 1. The maximum Gasteiger partial charge on any atom is 0.338 e. The Hall–Kier alpha value is -2.08. The molecule has 1 aromatic carbocycles. The molecule has 1 aromatic rings. The zero-order valence-electron chi connectivity index (χ0n) is 22.2. The monoisotopic (exact) mass is 484 g/mol. The summed E-state index contributed by atoms with van der Waals surface area (Å²) in [6, 6.07) is 5.42. The number of carbonyl (C=O) groups excluding carboxylic acids is 2. The highest BCUT2D eigenvalue weighted by Crippen LogP contribution is 2.61. The summed E-state index contributed by atoms with van der Waals surface area (Å²) in [7, 11) is 0. The van der Waals surface area contributed by atoms with Crippen LogP contribution in [0.3, 0.4) is 0 Å². The molecule has 194 valence electrons. The van der Waals surface area contributed by atoms with Crippen LogP contribution in [0.4, 0.5) is 5.69 Å². The number of aliphatic hydroxyl groups is 1. The number of aliphatic hydroxyl groups excluding tert-OH is 1. The van der Waals surface area contributed by atoms with Crippen LogP contribution in [0.15, 0.2) is 18.2 Å². The number of fused-ring (bicyclic) bond motifs is 2. The molecule has 2 bridgehead atoms. The molecule has 0 aromatic heterocycles. The van der Waals surface area contributed by atoms with Gasteiger partial charge in [-0.25, -0.2) is 4.79 Å². The molecule has 1 saturated heterocycles. The lowest BCUT2D eigenvalue weighted by molar-refractivity contribution is -0.125. The van der Waals surface area contributed by atoms with Gasteiger partial charge in [-0.2, -0.15) is 0 Å². The Labute approximate surface area is 210 Å². The minimum absolute atomic E-state index is 0.131. The largest absolute Gasteiger partial charge is 0.456 e. The molecule has 6 nitrogen and oxygen atoms in total. The van der Waals surface area contributed by atoms with Gasteiger partial charge in [-0.05, 0) is 100 Å². The van der Waals surface area contributed by atoms with Crippen LogP contribution in [0.25, 0.3) is 0 Å². The topological polar surface area (TPSA) is 78.9 Å².